The van der Waals surface area contributed by atoms with E-state index in [0.717, 1.165) is 5.57 Å². The summed E-state index contributed by atoms with van der Waals surface area (Å²) in [6.45, 7) is 3.52. The van der Waals surface area contributed by atoms with Crippen LogP contribution in [0.4, 0.5) is 0 Å². The zero-order valence-corrected chi connectivity index (χ0v) is 8.87. The molecule has 0 unspecified atom stereocenters. The summed E-state index contributed by atoms with van der Waals surface area (Å²) in [5.41, 5.74) is 1.16. The molecule has 2 atom stereocenters. The summed E-state index contributed by atoms with van der Waals surface area (Å²) in [5, 5.41) is 0. The Morgan fingerprint density at radius 1 is 1.43 bits per heavy atom. The number of esters is 1. The van der Waals surface area contributed by atoms with Gasteiger partial charge in [-0.05, 0) is 26.7 Å². The number of carbonyl (C=O) groups excluding carboxylic acids is 2. The van der Waals surface area contributed by atoms with Crippen LogP contribution in [0.5, 0.6) is 0 Å². The third kappa shape index (κ3) is 2.22. The van der Waals surface area contributed by atoms with Crippen molar-refractivity contribution in [2.24, 2.45) is 11.8 Å². The average Bonchev–Trinajstić information content (AvgIpc) is 2.16. The summed E-state index contributed by atoms with van der Waals surface area (Å²) in [6, 6.07) is 0. The molecule has 3 nitrogen and oxygen atoms in total. The van der Waals surface area contributed by atoms with Crippen LogP contribution in [-0.4, -0.2) is 18.9 Å². The maximum absolute atomic E-state index is 11.4. The topological polar surface area (TPSA) is 43.4 Å². The van der Waals surface area contributed by atoms with Crippen LogP contribution in [0.15, 0.2) is 11.6 Å². The quantitative estimate of drug-likeness (QED) is 0.499. The fourth-order valence-corrected chi connectivity index (χ4v) is 1.91. The summed E-state index contributed by atoms with van der Waals surface area (Å²) in [7, 11) is 1.37. The van der Waals surface area contributed by atoms with Gasteiger partial charge in [0.05, 0.1) is 13.0 Å². The number of methoxy groups -OCH3 is 1. The number of carbonyl (C=O) groups is 2. The van der Waals surface area contributed by atoms with Crippen LogP contribution in [0.1, 0.15) is 26.7 Å². The highest BCUT2D eigenvalue weighted by atomic mass is 16.5. The smallest absolute Gasteiger partial charge is 0.309 e. The van der Waals surface area contributed by atoms with Crippen LogP contribution in [-0.2, 0) is 14.3 Å². The Labute approximate surface area is 84.1 Å². The average molecular weight is 196 g/mol. The van der Waals surface area contributed by atoms with E-state index in [1.807, 2.05) is 13.0 Å². The predicted molar refractivity (Wildman–Crippen MR) is 52.7 cm³/mol. The zero-order chi connectivity index (χ0) is 10.7. The van der Waals surface area contributed by atoms with Gasteiger partial charge in [0.1, 0.15) is 5.78 Å². The molecule has 0 radical (unpaired) electrons. The maximum atomic E-state index is 11.4. The van der Waals surface area contributed by atoms with Crippen molar-refractivity contribution in [2.75, 3.05) is 7.11 Å². The number of ketones is 1. The molecule has 0 fully saturated rings. The summed E-state index contributed by atoms with van der Waals surface area (Å²) >= 11 is 0. The van der Waals surface area contributed by atoms with Crippen LogP contribution >= 0.6 is 0 Å². The Balaban J connectivity index is 2.83. The lowest BCUT2D eigenvalue weighted by atomic mass is 9.78. The molecule has 0 aromatic carbocycles. The number of allylic oxidation sites excluding steroid dienone is 2. The standard InChI is InChI=1S/C11H16O3/c1-7-4-5-9(8(2)12)10(6-7)11(13)14-3/h4,9-10H,5-6H2,1-3H3/t9-,10+/m0/s1. The van der Waals surface area contributed by atoms with Gasteiger partial charge in [0, 0.05) is 5.92 Å². The number of hydrogen-bond donors (Lipinski definition) is 0. The lowest BCUT2D eigenvalue weighted by molar-refractivity contribution is -0.150. The number of Topliss-reactive ketones (excluding diaryl/α,β-unsaturated/α-hetero) is 1. The van der Waals surface area contributed by atoms with Crippen molar-refractivity contribution < 1.29 is 14.3 Å². The molecule has 0 bridgehead atoms. The van der Waals surface area contributed by atoms with Crippen molar-refractivity contribution in [3.05, 3.63) is 11.6 Å². The Kier molecular flexibility index (Phi) is 3.44. The minimum Gasteiger partial charge on any atom is -0.469 e. The fraction of sp³-hybridized carbons (Fsp3) is 0.636. The fourth-order valence-electron chi connectivity index (χ4n) is 1.91. The highest BCUT2D eigenvalue weighted by Gasteiger charge is 2.34. The van der Waals surface area contributed by atoms with Gasteiger partial charge in [-0.15, -0.1) is 0 Å². The first kappa shape index (κ1) is 11.0. The monoisotopic (exact) mass is 196 g/mol. The molecule has 0 aromatic rings. The van der Waals surface area contributed by atoms with Gasteiger partial charge in [-0.3, -0.25) is 9.59 Å². The highest BCUT2D eigenvalue weighted by Crippen LogP contribution is 2.30. The predicted octanol–water partition coefficient (Wildman–Crippen LogP) is 1.72. The van der Waals surface area contributed by atoms with E-state index >= 15 is 0 Å². The second kappa shape index (κ2) is 4.40. The first-order valence-corrected chi connectivity index (χ1v) is 4.80. The molecule has 14 heavy (non-hydrogen) atoms. The van der Waals surface area contributed by atoms with Crippen molar-refractivity contribution in [1.82, 2.24) is 0 Å². The van der Waals surface area contributed by atoms with Gasteiger partial charge in [-0.2, -0.15) is 0 Å². The normalized spacial score (nSPS) is 26.6. The Morgan fingerprint density at radius 3 is 2.57 bits per heavy atom. The lowest BCUT2D eigenvalue weighted by Gasteiger charge is -2.26. The molecule has 1 rings (SSSR count). The summed E-state index contributed by atoms with van der Waals surface area (Å²) < 4.78 is 4.70. The van der Waals surface area contributed by atoms with Gasteiger partial charge in [0.15, 0.2) is 0 Å². The van der Waals surface area contributed by atoms with E-state index in [2.05, 4.69) is 0 Å². The lowest BCUT2D eigenvalue weighted by Crippen LogP contribution is -2.31. The van der Waals surface area contributed by atoms with E-state index in [-0.39, 0.29) is 23.6 Å². The molecule has 0 aromatic heterocycles. The molecule has 0 amide bonds. The molecule has 0 N–H and O–H groups in total. The van der Waals surface area contributed by atoms with Gasteiger partial charge in [0.2, 0.25) is 0 Å². The van der Waals surface area contributed by atoms with E-state index < -0.39 is 0 Å². The van der Waals surface area contributed by atoms with Crippen molar-refractivity contribution >= 4 is 11.8 Å². The van der Waals surface area contributed by atoms with Crippen molar-refractivity contribution in [3.8, 4) is 0 Å². The zero-order valence-electron chi connectivity index (χ0n) is 8.87. The second-order valence-electron chi connectivity index (χ2n) is 3.84. The minimum atomic E-state index is -0.275. The second-order valence-corrected chi connectivity index (χ2v) is 3.84. The van der Waals surface area contributed by atoms with E-state index in [4.69, 9.17) is 4.74 Å². The third-order valence-corrected chi connectivity index (χ3v) is 2.77. The highest BCUT2D eigenvalue weighted by molar-refractivity contribution is 5.85. The molecule has 0 heterocycles. The molecule has 1 aliphatic rings. The van der Waals surface area contributed by atoms with E-state index in [0.29, 0.717) is 12.8 Å². The van der Waals surface area contributed by atoms with Gasteiger partial charge >= 0.3 is 5.97 Å². The molecule has 0 spiro atoms. The summed E-state index contributed by atoms with van der Waals surface area (Å²) in [4.78, 5) is 22.7. The maximum Gasteiger partial charge on any atom is 0.309 e. The largest absolute Gasteiger partial charge is 0.469 e. The number of ether oxygens (including phenoxy) is 1. The van der Waals surface area contributed by atoms with Crippen LogP contribution in [0.2, 0.25) is 0 Å². The Hall–Kier alpha value is -1.12. The van der Waals surface area contributed by atoms with Crippen molar-refractivity contribution in [1.29, 1.82) is 0 Å². The Bertz CT molecular complexity index is 278. The van der Waals surface area contributed by atoms with E-state index in [1.54, 1.807) is 0 Å². The molecule has 0 aliphatic heterocycles. The van der Waals surface area contributed by atoms with Gasteiger partial charge in [-0.25, -0.2) is 0 Å². The van der Waals surface area contributed by atoms with Crippen LogP contribution < -0.4 is 0 Å². The van der Waals surface area contributed by atoms with Crippen LogP contribution in [0.25, 0.3) is 0 Å². The van der Waals surface area contributed by atoms with E-state index in [1.165, 1.54) is 14.0 Å². The summed E-state index contributed by atoms with van der Waals surface area (Å²) in [5.74, 6) is -0.657. The molecular weight excluding hydrogens is 180 g/mol. The van der Waals surface area contributed by atoms with Crippen LogP contribution in [0, 0.1) is 11.8 Å². The molecular formula is C11H16O3. The Morgan fingerprint density at radius 2 is 2.07 bits per heavy atom. The van der Waals surface area contributed by atoms with E-state index in [9.17, 15) is 9.59 Å². The molecule has 1 aliphatic carbocycles. The first-order chi connectivity index (χ1) is 6.56. The van der Waals surface area contributed by atoms with Gasteiger partial charge in [0.25, 0.3) is 0 Å². The number of hydrogen-bond acceptors (Lipinski definition) is 3. The van der Waals surface area contributed by atoms with Crippen LogP contribution in [0.3, 0.4) is 0 Å². The van der Waals surface area contributed by atoms with Crippen molar-refractivity contribution in [2.45, 2.75) is 26.7 Å². The SMILES string of the molecule is COC(=O)[C@@H]1CC(C)=CC[C@H]1C(C)=O. The van der Waals surface area contributed by atoms with Gasteiger partial charge in [-0.1, -0.05) is 11.6 Å². The first-order valence-electron chi connectivity index (χ1n) is 4.80. The van der Waals surface area contributed by atoms with Gasteiger partial charge < -0.3 is 4.74 Å². The summed E-state index contributed by atoms with van der Waals surface area (Å²) in [6.07, 6.45) is 3.35. The van der Waals surface area contributed by atoms with Crippen molar-refractivity contribution in [3.63, 3.8) is 0 Å². The molecule has 0 saturated carbocycles. The third-order valence-electron chi connectivity index (χ3n) is 2.77. The number of rotatable bonds is 2. The molecule has 3 heteroatoms. The molecule has 78 valence electrons. The molecule has 0 saturated heterocycles. The minimum absolute atomic E-state index is 0.0733.